The molecule has 0 amide bonds. The molecule has 0 bridgehead atoms. The highest BCUT2D eigenvalue weighted by molar-refractivity contribution is 9.10. The first kappa shape index (κ1) is 14.8. The third-order valence-corrected chi connectivity index (χ3v) is 4.66. The minimum atomic E-state index is -0.0753. The van der Waals surface area contributed by atoms with Crippen molar-refractivity contribution in [3.8, 4) is 5.75 Å². The molecule has 2 atom stereocenters. The van der Waals surface area contributed by atoms with E-state index in [1.165, 1.54) is 0 Å². The van der Waals surface area contributed by atoms with Crippen molar-refractivity contribution >= 4 is 15.9 Å². The topological polar surface area (TPSA) is 32.7 Å². The van der Waals surface area contributed by atoms with Crippen molar-refractivity contribution in [1.29, 1.82) is 0 Å². The highest BCUT2D eigenvalue weighted by Crippen LogP contribution is 2.35. The molecule has 0 aliphatic carbocycles. The van der Waals surface area contributed by atoms with Gasteiger partial charge in [0.05, 0.1) is 5.60 Å². The fourth-order valence-electron chi connectivity index (χ4n) is 2.80. The standard InChI is InChI=1S/C15H22BrNO2/c1-11(13-9-12(16)5-6-14(13)18)17-8-4-7-15(2,10-17)19-3/h5-6,9,11,18H,4,7-8,10H2,1-3H3. The molecule has 1 fully saturated rings. The summed E-state index contributed by atoms with van der Waals surface area (Å²) in [4.78, 5) is 2.38. The maximum atomic E-state index is 10.0. The van der Waals surface area contributed by atoms with Crippen LogP contribution < -0.4 is 0 Å². The van der Waals surface area contributed by atoms with Gasteiger partial charge in [-0.25, -0.2) is 0 Å². The summed E-state index contributed by atoms with van der Waals surface area (Å²) in [6.07, 6.45) is 2.22. The van der Waals surface area contributed by atoms with Crippen LogP contribution in [0.3, 0.4) is 0 Å². The van der Waals surface area contributed by atoms with E-state index in [0.29, 0.717) is 5.75 Å². The van der Waals surface area contributed by atoms with Gasteiger partial charge in [-0.05, 0) is 51.4 Å². The van der Waals surface area contributed by atoms with E-state index >= 15 is 0 Å². The van der Waals surface area contributed by atoms with E-state index in [0.717, 1.165) is 36.0 Å². The third kappa shape index (κ3) is 3.30. The minimum absolute atomic E-state index is 0.0753. The monoisotopic (exact) mass is 327 g/mol. The van der Waals surface area contributed by atoms with E-state index in [1.54, 1.807) is 13.2 Å². The smallest absolute Gasteiger partial charge is 0.120 e. The number of rotatable bonds is 3. The van der Waals surface area contributed by atoms with Crippen LogP contribution in [0, 0.1) is 0 Å². The molecule has 19 heavy (non-hydrogen) atoms. The summed E-state index contributed by atoms with van der Waals surface area (Å²) >= 11 is 3.47. The highest BCUT2D eigenvalue weighted by Gasteiger charge is 2.33. The van der Waals surface area contributed by atoms with Crippen molar-refractivity contribution in [3.05, 3.63) is 28.2 Å². The summed E-state index contributed by atoms with van der Waals surface area (Å²) < 4.78 is 6.63. The fourth-order valence-corrected chi connectivity index (χ4v) is 3.18. The van der Waals surface area contributed by atoms with Crippen LogP contribution in [0.15, 0.2) is 22.7 Å². The van der Waals surface area contributed by atoms with Gasteiger partial charge >= 0.3 is 0 Å². The maximum Gasteiger partial charge on any atom is 0.120 e. The van der Waals surface area contributed by atoms with Gasteiger partial charge in [-0.3, -0.25) is 4.90 Å². The number of piperidine rings is 1. The number of phenolic OH excluding ortho intramolecular Hbond substituents is 1. The molecule has 1 saturated heterocycles. The summed E-state index contributed by atoms with van der Waals surface area (Å²) in [6, 6.07) is 5.79. The fraction of sp³-hybridized carbons (Fsp3) is 0.600. The number of hydrogen-bond acceptors (Lipinski definition) is 3. The lowest BCUT2D eigenvalue weighted by Crippen LogP contribution is -2.48. The first-order valence-corrected chi connectivity index (χ1v) is 7.52. The quantitative estimate of drug-likeness (QED) is 0.918. The van der Waals surface area contributed by atoms with Crippen LogP contribution in [0.2, 0.25) is 0 Å². The Morgan fingerprint density at radius 1 is 1.47 bits per heavy atom. The van der Waals surface area contributed by atoms with Gasteiger partial charge in [0.15, 0.2) is 0 Å². The Kier molecular flexibility index (Phi) is 4.54. The van der Waals surface area contributed by atoms with Crippen molar-refractivity contribution in [3.63, 3.8) is 0 Å². The molecule has 1 aromatic carbocycles. The maximum absolute atomic E-state index is 10.0. The first-order valence-electron chi connectivity index (χ1n) is 6.73. The Morgan fingerprint density at radius 2 is 2.21 bits per heavy atom. The van der Waals surface area contributed by atoms with E-state index in [-0.39, 0.29) is 11.6 Å². The van der Waals surface area contributed by atoms with Crippen molar-refractivity contribution in [2.75, 3.05) is 20.2 Å². The Hall–Kier alpha value is -0.580. The summed E-state index contributed by atoms with van der Waals surface area (Å²) in [5.74, 6) is 0.361. The van der Waals surface area contributed by atoms with Crippen LogP contribution in [-0.4, -0.2) is 35.8 Å². The van der Waals surface area contributed by atoms with Crippen molar-refractivity contribution < 1.29 is 9.84 Å². The summed E-state index contributed by atoms with van der Waals surface area (Å²) in [5.41, 5.74) is 0.892. The molecule has 4 heteroatoms. The Labute approximate surface area is 123 Å². The van der Waals surface area contributed by atoms with Gasteiger partial charge in [-0.15, -0.1) is 0 Å². The molecule has 106 valence electrons. The zero-order valence-electron chi connectivity index (χ0n) is 11.8. The number of halogens is 1. The molecule has 2 unspecified atom stereocenters. The predicted octanol–water partition coefficient (Wildman–Crippen LogP) is 3.72. The minimum Gasteiger partial charge on any atom is -0.508 e. The Morgan fingerprint density at radius 3 is 2.89 bits per heavy atom. The molecule has 1 aliphatic rings. The molecule has 1 heterocycles. The van der Waals surface area contributed by atoms with Crippen molar-refractivity contribution in [1.82, 2.24) is 4.90 Å². The number of aromatic hydroxyl groups is 1. The number of phenols is 1. The average molecular weight is 328 g/mol. The van der Waals surface area contributed by atoms with Crippen LogP contribution in [0.1, 0.15) is 38.3 Å². The average Bonchev–Trinajstić information content (AvgIpc) is 2.41. The Bertz CT molecular complexity index is 452. The number of ether oxygens (including phenoxy) is 1. The molecule has 0 radical (unpaired) electrons. The van der Waals surface area contributed by atoms with Crippen LogP contribution in [0.5, 0.6) is 5.75 Å². The number of hydrogen-bond donors (Lipinski definition) is 1. The predicted molar refractivity (Wildman–Crippen MR) is 80.4 cm³/mol. The molecule has 0 spiro atoms. The van der Waals surface area contributed by atoms with Crippen molar-refractivity contribution in [2.24, 2.45) is 0 Å². The second-order valence-electron chi connectivity index (χ2n) is 5.61. The lowest BCUT2D eigenvalue weighted by atomic mass is 9.92. The first-order chi connectivity index (χ1) is 8.95. The number of likely N-dealkylation sites (tertiary alicyclic amines) is 1. The Balaban J connectivity index is 2.19. The van der Waals surface area contributed by atoms with Crippen LogP contribution >= 0.6 is 15.9 Å². The second kappa shape index (κ2) is 5.81. The number of benzene rings is 1. The van der Waals surface area contributed by atoms with Crippen molar-refractivity contribution in [2.45, 2.75) is 38.3 Å². The molecular formula is C15H22BrNO2. The molecule has 3 nitrogen and oxygen atoms in total. The van der Waals surface area contributed by atoms with E-state index < -0.39 is 0 Å². The largest absolute Gasteiger partial charge is 0.508 e. The van der Waals surface area contributed by atoms with Gasteiger partial charge in [0.2, 0.25) is 0 Å². The zero-order chi connectivity index (χ0) is 14.0. The van der Waals surface area contributed by atoms with Gasteiger partial charge in [0.25, 0.3) is 0 Å². The van der Waals surface area contributed by atoms with Crippen LogP contribution in [0.25, 0.3) is 0 Å². The lowest BCUT2D eigenvalue weighted by Gasteiger charge is -2.42. The van der Waals surface area contributed by atoms with E-state index in [4.69, 9.17) is 4.74 Å². The lowest BCUT2D eigenvalue weighted by molar-refractivity contribution is -0.0601. The van der Waals surface area contributed by atoms with Gasteiger partial charge in [-0.2, -0.15) is 0 Å². The molecule has 1 aromatic rings. The molecule has 2 rings (SSSR count). The highest BCUT2D eigenvalue weighted by atomic mass is 79.9. The molecule has 0 saturated carbocycles. The summed E-state index contributed by atoms with van der Waals surface area (Å²) in [7, 11) is 1.78. The molecule has 1 aliphatic heterocycles. The van der Waals surface area contributed by atoms with Gasteiger partial charge in [0, 0.05) is 29.7 Å². The van der Waals surface area contributed by atoms with E-state index in [9.17, 15) is 5.11 Å². The molecule has 0 aromatic heterocycles. The number of nitrogens with zero attached hydrogens (tertiary/aromatic N) is 1. The van der Waals surface area contributed by atoms with E-state index in [2.05, 4.69) is 34.7 Å². The summed E-state index contributed by atoms with van der Waals surface area (Å²) in [5, 5.41) is 10.0. The van der Waals surface area contributed by atoms with Gasteiger partial charge in [0.1, 0.15) is 5.75 Å². The third-order valence-electron chi connectivity index (χ3n) is 4.17. The summed E-state index contributed by atoms with van der Waals surface area (Å²) in [6.45, 7) is 6.25. The van der Waals surface area contributed by atoms with Crippen LogP contribution in [0.4, 0.5) is 0 Å². The van der Waals surface area contributed by atoms with E-state index in [1.807, 2.05) is 12.1 Å². The van der Waals surface area contributed by atoms with Crippen LogP contribution in [-0.2, 0) is 4.74 Å². The normalized spacial score (nSPS) is 26.3. The SMILES string of the molecule is COC1(C)CCCN(C(C)c2cc(Br)ccc2O)C1. The zero-order valence-corrected chi connectivity index (χ0v) is 13.4. The second-order valence-corrected chi connectivity index (χ2v) is 6.52. The van der Waals surface area contributed by atoms with Gasteiger partial charge < -0.3 is 9.84 Å². The number of methoxy groups -OCH3 is 1. The molecule has 1 N–H and O–H groups in total. The van der Waals surface area contributed by atoms with Gasteiger partial charge in [-0.1, -0.05) is 15.9 Å². The molecular weight excluding hydrogens is 306 g/mol.